The lowest BCUT2D eigenvalue weighted by atomic mass is 10.1. The predicted molar refractivity (Wildman–Crippen MR) is 75.1 cm³/mol. The maximum Gasteiger partial charge on any atom is 0.265 e. The molecule has 2 nitrogen and oxygen atoms in total. The summed E-state index contributed by atoms with van der Waals surface area (Å²) in [5, 5.41) is 0. The highest BCUT2D eigenvalue weighted by molar-refractivity contribution is 5.68. The summed E-state index contributed by atoms with van der Waals surface area (Å²) in [7, 11) is 1.77. The highest BCUT2D eigenvalue weighted by Crippen LogP contribution is 2.34. The van der Waals surface area contributed by atoms with Gasteiger partial charge in [0.25, 0.3) is 6.43 Å². The van der Waals surface area contributed by atoms with Crippen LogP contribution in [0.25, 0.3) is 0 Å². The smallest absolute Gasteiger partial charge is 0.265 e. The molecule has 0 aliphatic rings. The molecule has 0 saturated carbocycles. The summed E-state index contributed by atoms with van der Waals surface area (Å²) in [4.78, 5) is 1.74. The Balaban J connectivity index is 2.46. The second-order valence-corrected chi connectivity index (χ2v) is 4.52. The van der Waals surface area contributed by atoms with Gasteiger partial charge in [-0.1, -0.05) is 12.1 Å². The first kappa shape index (κ1) is 13.3. The van der Waals surface area contributed by atoms with Crippen molar-refractivity contribution in [2.24, 2.45) is 0 Å². The normalized spacial score (nSPS) is 10.8. The van der Waals surface area contributed by atoms with Crippen LogP contribution in [-0.2, 0) is 0 Å². The zero-order chi connectivity index (χ0) is 14.0. The van der Waals surface area contributed by atoms with E-state index in [9.17, 15) is 8.78 Å². The number of nitrogens with zero attached hydrogens (tertiary/aromatic N) is 1. The number of alkyl halides is 2. The van der Waals surface area contributed by atoms with E-state index in [1.165, 1.54) is 6.07 Å². The van der Waals surface area contributed by atoms with E-state index in [4.69, 9.17) is 5.73 Å². The Morgan fingerprint density at radius 1 is 1.11 bits per heavy atom. The number of rotatable bonds is 3. The van der Waals surface area contributed by atoms with Crippen LogP contribution in [0.3, 0.4) is 0 Å². The standard InChI is InChI=1S/C15H16F2N2/c1-10-4-3-5-12(8-10)19(2)14-7-6-11(18)9-13(14)15(16)17/h3-9,15H,18H2,1-2H3. The van der Waals surface area contributed by atoms with E-state index in [0.717, 1.165) is 11.3 Å². The van der Waals surface area contributed by atoms with Crippen molar-refractivity contribution in [3.05, 3.63) is 53.6 Å². The Kier molecular flexibility index (Phi) is 3.69. The second-order valence-electron chi connectivity index (χ2n) is 4.52. The van der Waals surface area contributed by atoms with Gasteiger partial charge in [0.15, 0.2) is 0 Å². The van der Waals surface area contributed by atoms with Crippen LogP contribution in [0.5, 0.6) is 0 Å². The summed E-state index contributed by atoms with van der Waals surface area (Å²) in [5.74, 6) is 0. The molecule has 0 amide bonds. The van der Waals surface area contributed by atoms with Crippen molar-refractivity contribution < 1.29 is 8.78 Å². The minimum Gasteiger partial charge on any atom is -0.399 e. The molecule has 0 saturated heterocycles. The Hall–Kier alpha value is -2.10. The Morgan fingerprint density at radius 2 is 1.84 bits per heavy atom. The lowest BCUT2D eigenvalue weighted by molar-refractivity contribution is 0.152. The molecule has 0 bridgehead atoms. The summed E-state index contributed by atoms with van der Waals surface area (Å²) in [6.07, 6.45) is -2.55. The largest absolute Gasteiger partial charge is 0.399 e. The number of hydrogen-bond acceptors (Lipinski definition) is 2. The fourth-order valence-corrected chi connectivity index (χ4v) is 2.03. The fourth-order valence-electron chi connectivity index (χ4n) is 2.03. The first-order chi connectivity index (χ1) is 8.99. The van der Waals surface area contributed by atoms with Gasteiger partial charge in [-0.05, 0) is 42.8 Å². The highest BCUT2D eigenvalue weighted by Gasteiger charge is 2.17. The Morgan fingerprint density at radius 3 is 2.47 bits per heavy atom. The number of benzene rings is 2. The minimum atomic E-state index is -2.55. The van der Waals surface area contributed by atoms with Crippen LogP contribution in [0.2, 0.25) is 0 Å². The fraction of sp³-hybridized carbons (Fsp3) is 0.200. The van der Waals surface area contributed by atoms with Gasteiger partial charge in [-0.3, -0.25) is 0 Å². The molecule has 0 aromatic heterocycles. The van der Waals surface area contributed by atoms with Crippen molar-refractivity contribution in [3.63, 3.8) is 0 Å². The third-order valence-electron chi connectivity index (χ3n) is 3.04. The molecule has 100 valence electrons. The maximum absolute atomic E-state index is 13.1. The molecule has 2 rings (SSSR count). The first-order valence-electron chi connectivity index (χ1n) is 5.97. The number of nitrogen functional groups attached to an aromatic ring is 1. The van der Waals surface area contributed by atoms with Crippen molar-refractivity contribution in [2.45, 2.75) is 13.3 Å². The molecule has 0 fully saturated rings. The topological polar surface area (TPSA) is 29.3 Å². The lowest BCUT2D eigenvalue weighted by Gasteiger charge is -2.23. The quantitative estimate of drug-likeness (QED) is 0.836. The molecule has 0 unspecified atom stereocenters. The van der Waals surface area contributed by atoms with Crippen LogP contribution in [0.15, 0.2) is 42.5 Å². The Bertz CT molecular complexity index is 582. The summed E-state index contributed by atoms with van der Waals surface area (Å²) in [6, 6.07) is 12.3. The molecule has 2 N–H and O–H groups in total. The second kappa shape index (κ2) is 5.26. The summed E-state index contributed by atoms with van der Waals surface area (Å²) in [6.45, 7) is 1.97. The number of nitrogens with two attached hydrogens (primary N) is 1. The number of aryl methyl sites for hydroxylation is 1. The molecule has 0 atom stereocenters. The van der Waals surface area contributed by atoms with Gasteiger partial charge in [0, 0.05) is 29.7 Å². The summed E-state index contributed by atoms with van der Waals surface area (Å²) in [5.41, 5.74) is 8.29. The molecular weight excluding hydrogens is 246 g/mol. The Labute approximate surface area is 111 Å². The van der Waals surface area contributed by atoms with Gasteiger partial charge in [-0.2, -0.15) is 0 Å². The molecule has 0 heterocycles. The van der Waals surface area contributed by atoms with E-state index in [1.807, 2.05) is 31.2 Å². The summed E-state index contributed by atoms with van der Waals surface area (Å²) < 4.78 is 26.2. The zero-order valence-electron chi connectivity index (χ0n) is 10.9. The molecule has 2 aromatic carbocycles. The highest BCUT2D eigenvalue weighted by atomic mass is 19.3. The van der Waals surface area contributed by atoms with Crippen LogP contribution in [0.1, 0.15) is 17.6 Å². The van der Waals surface area contributed by atoms with Gasteiger partial charge in [-0.25, -0.2) is 8.78 Å². The van der Waals surface area contributed by atoms with Gasteiger partial charge >= 0.3 is 0 Å². The molecule has 0 aliphatic carbocycles. The molecule has 0 aliphatic heterocycles. The molecular formula is C15H16F2N2. The van der Waals surface area contributed by atoms with Gasteiger partial charge in [0.2, 0.25) is 0 Å². The van der Waals surface area contributed by atoms with Gasteiger partial charge in [0.1, 0.15) is 0 Å². The van der Waals surface area contributed by atoms with Crippen molar-refractivity contribution in [2.75, 3.05) is 17.7 Å². The van der Waals surface area contributed by atoms with E-state index < -0.39 is 6.43 Å². The van der Waals surface area contributed by atoms with Gasteiger partial charge < -0.3 is 10.6 Å². The predicted octanol–water partition coefficient (Wildman–Crippen LogP) is 4.28. The monoisotopic (exact) mass is 262 g/mol. The van der Waals surface area contributed by atoms with Crippen molar-refractivity contribution >= 4 is 17.1 Å². The number of anilines is 3. The van der Waals surface area contributed by atoms with Crippen LogP contribution in [0, 0.1) is 6.92 Å². The molecule has 4 heteroatoms. The molecule has 19 heavy (non-hydrogen) atoms. The third kappa shape index (κ3) is 2.84. The van der Waals surface area contributed by atoms with E-state index in [2.05, 4.69) is 0 Å². The van der Waals surface area contributed by atoms with Crippen LogP contribution in [0.4, 0.5) is 25.8 Å². The third-order valence-corrected chi connectivity index (χ3v) is 3.04. The molecule has 0 radical (unpaired) electrons. The zero-order valence-corrected chi connectivity index (χ0v) is 10.9. The van der Waals surface area contributed by atoms with Crippen molar-refractivity contribution in [1.82, 2.24) is 0 Å². The molecule has 0 spiro atoms. The maximum atomic E-state index is 13.1. The van der Waals surface area contributed by atoms with Crippen molar-refractivity contribution in [3.8, 4) is 0 Å². The van der Waals surface area contributed by atoms with Crippen LogP contribution >= 0.6 is 0 Å². The van der Waals surface area contributed by atoms with Crippen LogP contribution in [-0.4, -0.2) is 7.05 Å². The number of halogens is 2. The number of hydrogen-bond donors (Lipinski definition) is 1. The van der Waals surface area contributed by atoms with E-state index in [0.29, 0.717) is 11.4 Å². The van der Waals surface area contributed by atoms with Gasteiger partial charge in [0.05, 0.1) is 0 Å². The SMILES string of the molecule is Cc1cccc(N(C)c2ccc(N)cc2C(F)F)c1. The average Bonchev–Trinajstić information content (AvgIpc) is 2.37. The van der Waals surface area contributed by atoms with Crippen molar-refractivity contribution in [1.29, 1.82) is 0 Å². The summed E-state index contributed by atoms with van der Waals surface area (Å²) >= 11 is 0. The van der Waals surface area contributed by atoms with E-state index in [1.54, 1.807) is 24.1 Å². The van der Waals surface area contributed by atoms with Crippen LogP contribution < -0.4 is 10.6 Å². The van der Waals surface area contributed by atoms with E-state index in [-0.39, 0.29) is 5.56 Å². The minimum absolute atomic E-state index is 0.0518. The molecule has 2 aromatic rings. The van der Waals surface area contributed by atoms with E-state index >= 15 is 0 Å². The first-order valence-corrected chi connectivity index (χ1v) is 5.97. The van der Waals surface area contributed by atoms with Gasteiger partial charge in [-0.15, -0.1) is 0 Å². The lowest BCUT2D eigenvalue weighted by Crippen LogP contribution is -2.12. The average molecular weight is 262 g/mol.